The Hall–Kier alpha value is -2.22. The van der Waals surface area contributed by atoms with Crippen molar-refractivity contribution < 1.29 is 4.11 Å². The first-order valence-corrected chi connectivity index (χ1v) is 10.7. The Balaban J connectivity index is 1.77. The molecule has 0 radical (unpaired) electrons. The topological polar surface area (TPSA) is 6.48 Å². The van der Waals surface area contributed by atoms with Gasteiger partial charge in [0.2, 0.25) is 0 Å². The van der Waals surface area contributed by atoms with Gasteiger partial charge in [0.1, 0.15) is 6.17 Å². The lowest BCUT2D eigenvalue weighted by molar-refractivity contribution is 0.0663. The van der Waals surface area contributed by atoms with E-state index in [1.807, 2.05) is 12.1 Å². The van der Waals surface area contributed by atoms with Crippen LogP contribution in [0.4, 0.5) is 5.69 Å². The van der Waals surface area contributed by atoms with Crippen LogP contribution in [0.25, 0.3) is 5.70 Å². The third kappa shape index (κ3) is 2.27. The van der Waals surface area contributed by atoms with Crippen molar-refractivity contribution in [3.05, 3.63) is 70.9 Å². The molecule has 2 atom stereocenters. The van der Waals surface area contributed by atoms with E-state index in [1.165, 1.54) is 30.4 Å². The summed E-state index contributed by atoms with van der Waals surface area (Å²) >= 11 is 0. The van der Waals surface area contributed by atoms with Crippen LogP contribution in [0.5, 0.6) is 0 Å². The highest BCUT2D eigenvalue weighted by Gasteiger charge is 2.55. The number of fused-ring (bicyclic) bond motifs is 3. The first kappa shape index (κ1) is 14.7. The van der Waals surface area contributed by atoms with Crippen molar-refractivity contribution in [1.29, 1.82) is 0 Å². The molecule has 2 heteroatoms. The molecule has 2 aliphatic heterocycles. The molecule has 5 rings (SSSR count). The number of allylic oxidation sites excluding steroid dienone is 1. The van der Waals surface area contributed by atoms with Crippen LogP contribution in [-0.2, 0) is 5.54 Å². The highest BCUT2D eigenvalue weighted by molar-refractivity contribution is 5.82. The standard InChI is InChI=1S/C26H32N2/c1-18-12-8-11-17-24(18)27-19(2)25-22-15-9-10-16-23(22)26(4,28(25)20(27)3)21-13-6-5-7-14-21/h8-12,15-17,20-21H,5-7,13-14H2,1-4H3/i3D3. The van der Waals surface area contributed by atoms with Crippen LogP contribution in [0.15, 0.2) is 54.2 Å². The van der Waals surface area contributed by atoms with Crippen LogP contribution >= 0.6 is 0 Å². The van der Waals surface area contributed by atoms with E-state index in [-0.39, 0.29) is 5.54 Å². The Morgan fingerprint density at radius 1 is 0.964 bits per heavy atom. The second-order valence-electron chi connectivity index (χ2n) is 8.86. The Morgan fingerprint density at radius 3 is 2.43 bits per heavy atom. The molecular formula is C26H32N2. The molecule has 1 saturated carbocycles. The molecule has 0 bridgehead atoms. The first-order valence-electron chi connectivity index (χ1n) is 12.2. The fourth-order valence-electron chi connectivity index (χ4n) is 6.01. The smallest absolute Gasteiger partial charge is 0.104 e. The van der Waals surface area contributed by atoms with Crippen LogP contribution < -0.4 is 4.90 Å². The highest BCUT2D eigenvalue weighted by Crippen LogP contribution is 2.58. The van der Waals surface area contributed by atoms with Gasteiger partial charge in [-0.05, 0) is 63.6 Å². The number of rotatable bonds is 2. The number of nitrogens with zero attached hydrogens (tertiary/aromatic N) is 2. The number of hydrogen-bond acceptors (Lipinski definition) is 2. The lowest BCUT2D eigenvalue weighted by Gasteiger charge is -2.47. The van der Waals surface area contributed by atoms with Gasteiger partial charge in [0.05, 0.1) is 11.2 Å². The van der Waals surface area contributed by atoms with Crippen LogP contribution in [0.1, 0.15) is 73.6 Å². The summed E-state index contributed by atoms with van der Waals surface area (Å²) in [5, 5.41) is 0. The van der Waals surface area contributed by atoms with Crippen molar-refractivity contribution in [2.75, 3.05) is 4.90 Å². The van der Waals surface area contributed by atoms with Gasteiger partial charge in [-0.15, -0.1) is 0 Å². The second kappa shape index (κ2) is 6.40. The van der Waals surface area contributed by atoms with E-state index in [2.05, 4.69) is 67.0 Å². The summed E-state index contributed by atoms with van der Waals surface area (Å²) in [4.78, 5) is 4.39. The number of benzene rings is 2. The second-order valence-corrected chi connectivity index (χ2v) is 8.86. The maximum Gasteiger partial charge on any atom is 0.104 e. The van der Waals surface area contributed by atoms with Gasteiger partial charge in [0.15, 0.2) is 0 Å². The molecule has 0 saturated heterocycles. The van der Waals surface area contributed by atoms with Crippen molar-refractivity contribution in [2.24, 2.45) is 5.92 Å². The summed E-state index contributed by atoms with van der Waals surface area (Å²) in [6.07, 6.45) is 5.36. The third-order valence-corrected chi connectivity index (χ3v) is 7.44. The van der Waals surface area contributed by atoms with E-state index in [9.17, 15) is 0 Å². The SMILES string of the molecule is [2H]C([2H])([2H])C1N(c2ccccc2C)C(C)=C2c3ccccc3C(C)(C3CCCCC3)N21. The molecule has 146 valence electrons. The Bertz CT molecular complexity index is 1030. The predicted molar refractivity (Wildman–Crippen MR) is 118 cm³/mol. The number of anilines is 1. The van der Waals surface area contributed by atoms with Gasteiger partial charge in [0, 0.05) is 21.1 Å². The molecular weight excluding hydrogens is 340 g/mol. The molecule has 28 heavy (non-hydrogen) atoms. The Kier molecular flexibility index (Phi) is 3.37. The molecule has 2 nitrogen and oxygen atoms in total. The van der Waals surface area contributed by atoms with E-state index in [0.29, 0.717) is 5.92 Å². The molecule has 2 heterocycles. The third-order valence-electron chi connectivity index (χ3n) is 7.44. The molecule has 1 fully saturated rings. The zero-order valence-corrected chi connectivity index (χ0v) is 17.2. The fourth-order valence-corrected chi connectivity index (χ4v) is 6.01. The molecule has 2 aromatic rings. The molecule has 0 N–H and O–H groups in total. The number of para-hydroxylation sites is 1. The maximum atomic E-state index is 8.64. The van der Waals surface area contributed by atoms with E-state index in [1.54, 1.807) is 0 Å². The van der Waals surface area contributed by atoms with Gasteiger partial charge < -0.3 is 9.80 Å². The van der Waals surface area contributed by atoms with Gasteiger partial charge in [-0.3, -0.25) is 0 Å². The lowest BCUT2D eigenvalue weighted by Crippen LogP contribution is -2.51. The van der Waals surface area contributed by atoms with Crippen LogP contribution in [-0.4, -0.2) is 11.1 Å². The van der Waals surface area contributed by atoms with E-state index in [4.69, 9.17) is 4.11 Å². The minimum Gasteiger partial charge on any atom is -0.339 e. The quantitative estimate of drug-likeness (QED) is 0.579. The zero-order valence-electron chi connectivity index (χ0n) is 20.2. The van der Waals surface area contributed by atoms with Gasteiger partial charge in [0.25, 0.3) is 0 Å². The average Bonchev–Trinajstić information content (AvgIpc) is 3.21. The number of aryl methyl sites for hydroxylation is 1. The van der Waals surface area contributed by atoms with Crippen molar-refractivity contribution in [3.8, 4) is 0 Å². The van der Waals surface area contributed by atoms with E-state index >= 15 is 0 Å². The summed E-state index contributed by atoms with van der Waals surface area (Å²) in [7, 11) is 0. The maximum absolute atomic E-state index is 8.64. The first-order chi connectivity index (χ1) is 14.8. The summed E-state index contributed by atoms with van der Waals surface area (Å²) in [6, 6.07) is 16.8. The number of hydrogen-bond donors (Lipinski definition) is 0. The molecule has 0 amide bonds. The largest absolute Gasteiger partial charge is 0.339 e. The average molecular weight is 376 g/mol. The van der Waals surface area contributed by atoms with Crippen LogP contribution in [0, 0.1) is 12.8 Å². The van der Waals surface area contributed by atoms with Crippen molar-refractivity contribution in [3.63, 3.8) is 0 Å². The van der Waals surface area contributed by atoms with Crippen LogP contribution in [0.2, 0.25) is 0 Å². The molecule has 2 unspecified atom stereocenters. The van der Waals surface area contributed by atoms with Gasteiger partial charge in [-0.1, -0.05) is 61.7 Å². The normalized spacial score (nSPS) is 29.4. The summed E-state index contributed by atoms with van der Waals surface area (Å²) in [5.41, 5.74) is 6.44. The van der Waals surface area contributed by atoms with Crippen molar-refractivity contribution in [1.82, 2.24) is 4.90 Å². The zero-order chi connectivity index (χ0) is 22.0. The van der Waals surface area contributed by atoms with Gasteiger partial charge in [-0.2, -0.15) is 0 Å². The summed E-state index contributed by atoms with van der Waals surface area (Å²) in [6.45, 7) is 4.33. The van der Waals surface area contributed by atoms with Crippen molar-refractivity contribution in [2.45, 2.75) is 71.4 Å². The molecule has 3 aliphatic rings. The van der Waals surface area contributed by atoms with Gasteiger partial charge in [-0.25, -0.2) is 0 Å². The van der Waals surface area contributed by atoms with Crippen molar-refractivity contribution >= 4 is 11.4 Å². The highest BCUT2D eigenvalue weighted by atomic mass is 15.5. The predicted octanol–water partition coefficient (Wildman–Crippen LogP) is 6.66. The molecule has 2 aromatic carbocycles. The molecule has 0 spiro atoms. The lowest BCUT2D eigenvalue weighted by atomic mass is 9.72. The minimum absolute atomic E-state index is 0.315. The Labute approximate surface area is 174 Å². The van der Waals surface area contributed by atoms with Crippen LogP contribution in [0.3, 0.4) is 0 Å². The fraction of sp³-hybridized carbons (Fsp3) is 0.462. The monoisotopic (exact) mass is 375 g/mol. The minimum atomic E-state index is -2.15. The summed E-state index contributed by atoms with van der Waals surface area (Å²) < 4.78 is 25.9. The molecule has 0 aromatic heterocycles. The Morgan fingerprint density at radius 2 is 1.68 bits per heavy atom. The molecule has 1 aliphatic carbocycles. The van der Waals surface area contributed by atoms with Gasteiger partial charge >= 0.3 is 0 Å². The van der Waals surface area contributed by atoms with E-state index in [0.717, 1.165) is 35.5 Å². The summed E-state index contributed by atoms with van der Waals surface area (Å²) in [5.74, 6) is 0.453. The van der Waals surface area contributed by atoms with E-state index < -0.39 is 13.0 Å².